The van der Waals surface area contributed by atoms with Gasteiger partial charge in [0.1, 0.15) is 17.2 Å². The van der Waals surface area contributed by atoms with E-state index in [1.54, 1.807) is 32.4 Å². The van der Waals surface area contributed by atoms with Crippen LogP contribution in [0.4, 0.5) is 0 Å². The van der Waals surface area contributed by atoms with E-state index in [0.717, 1.165) is 11.1 Å². The summed E-state index contributed by atoms with van der Waals surface area (Å²) in [7, 11) is 3.14. The molecule has 0 fully saturated rings. The highest BCUT2D eigenvalue weighted by Crippen LogP contribution is 2.31. The zero-order chi connectivity index (χ0) is 13.8. The van der Waals surface area contributed by atoms with Crippen LogP contribution in [0.2, 0.25) is 0 Å². The lowest BCUT2D eigenvalue weighted by Gasteiger charge is -2.09. The van der Waals surface area contributed by atoms with Crippen LogP contribution >= 0.6 is 0 Å². The number of benzene rings is 2. The molecule has 0 spiro atoms. The monoisotopic (exact) mass is 255 g/mol. The molecular formula is C15H13NO3. The van der Waals surface area contributed by atoms with Gasteiger partial charge in [0.25, 0.3) is 0 Å². The quantitative estimate of drug-likeness (QED) is 0.915. The summed E-state index contributed by atoms with van der Waals surface area (Å²) >= 11 is 0. The fraction of sp³-hybridized carbons (Fsp3) is 0.133. The number of phenols is 1. The molecule has 0 aliphatic carbocycles. The average molecular weight is 255 g/mol. The Kier molecular flexibility index (Phi) is 3.58. The summed E-state index contributed by atoms with van der Waals surface area (Å²) in [4.78, 5) is 0. The Morgan fingerprint density at radius 1 is 0.895 bits per heavy atom. The lowest BCUT2D eigenvalue weighted by molar-refractivity contribution is 0.394. The molecule has 1 N–H and O–H groups in total. The second kappa shape index (κ2) is 5.32. The molecule has 19 heavy (non-hydrogen) atoms. The molecule has 0 aliphatic rings. The smallest absolute Gasteiger partial charge is 0.123 e. The normalized spacial score (nSPS) is 9.74. The predicted molar refractivity (Wildman–Crippen MR) is 71.4 cm³/mol. The number of rotatable bonds is 3. The first-order valence-corrected chi connectivity index (χ1v) is 5.64. The van der Waals surface area contributed by atoms with Crippen LogP contribution in [-0.4, -0.2) is 19.3 Å². The van der Waals surface area contributed by atoms with Crippen molar-refractivity contribution in [1.29, 1.82) is 5.26 Å². The number of hydrogen-bond donors (Lipinski definition) is 1. The van der Waals surface area contributed by atoms with Crippen LogP contribution in [0.1, 0.15) is 5.56 Å². The minimum atomic E-state index is 0.0517. The fourth-order valence-electron chi connectivity index (χ4n) is 1.82. The van der Waals surface area contributed by atoms with Gasteiger partial charge in [0.2, 0.25) is 0 Å². The van der Waals surface area contributed by atoms with Gasteiger partial charge in [0.15, 0.2) is 0 Å². The molecule has 0 atom stereocenters. The third kappa shape index (κ3) is 2.78. The summed E-state index contributed by atoms with van der Waals surface area (Å²) in [5, 5.41) is 18.6. The molecule has 0 heterocycles. The SMILES string of the molecule is COc1cc(OC)cc(-c2cc(O)cc(C#N)c2)c1. The third-order valence-electron chi connectivity index (χ3n) is 2.73. The van der Waals surface area contributed by atoms with Crippen molar-refractivity contribution in [3.05, 3.63) is 42.0 Å². The molecule has 2 rings (SSSR count). The van der Waals surface area contributed by atoms with E-state index in [-0.39, 0.29) is 5.75 Å². The molecule has 0 saturated carbocycles. The van der Waals surface area contributed by atoms with E-state index in [4.69, 9.17) is 14.7 Å². The second-order valence-electron chi connectivity index (χ2n) is 3.98. The van der Waals surface area contributed by atoms with Crippen LogP contribution < -0.4 is 9.47 Å². The first-order chi connectivity index (χ1) is 9.16. The molecule has 0 aliphatic heterocycles. The molecule has 4 nitrogen and oxygen atoms in total. The molecular weight excluding hydrogens is 242 g/mol. The minimum absolute atomic E-state index is 0.0517. The summed E-state index contributed by atoms with van der Waals surface area (Å²) in [5.74, 6) is 1.35. The maximum atomic E-state index is 9.63. The van der Waals surface area contributed by atoms with Crippen molar-refractivity contribution in [3.8, 4) is 34.4 Å². The third-order valence-corrected chi connectivity index (χ3v) is 2.73. The van der Waals surface area contributed by atoms with Crippen molar-refractivity contribution in [2.24, 2.45) is 0 Å². The Hall–Kier alpha value is -2.67. The summed E-state index contributed by atoms with van der Waals surface area (Å²) in [5.41, 5.74) is 1.94. The van der Waals surface area contributed by atoms with Crippen molar-refractivity contribution in [2.45, 2.75) is 0 Å². The maximum absolute atomic E-state index is 9.63. The van der Waals surface area contributed by atoms with Gasteiger partial charge in [0, 0.05) is 6.07 Å². The van der Waals surface area contributed by atoms with E-state index in [0.29, 0.717) is 17.1 Å². The van der Waals surface area contributed by atoms with E-state index < -0.39 is 0 Å². The second-order valence-corrected chi connectivity index (χ2v) is 3.98. The van der Waals surface area contributed by atoms with E-state index in [2.05, 4.69) is 0 Å². The molecule has 0 saturated heterocycles. The van der Waals surface area contributed by atoms with Crippen LogP contribution in [-0.2, 0) is 0 Å². The van der Waals surface area contributed by atoms with Crippen molar-refractivity contribution < 1.29 is 14.6 Å². The van der Waals surface area contributed by atoms with E-state index in [1.165, 1.54) is 6.07 Å². The van der Waals surface area contributed by atoms with Gasteiger partial charge in [-0.1, -0.05) is 0 Å². The summed E-state index contributed by atoms with van der Waals surface area (Å²) in [6.45, 7) is 0. The van der Waals surface area contributed by atoms with Crippen LogP contribution in [0.15, 0.2) is 36.4 Å². The molecule has 96 valence electrons. The summed E-state index contributed by atoms with van der Waals surface area (Å²) in [6, 6.07) is 12.1. The summed E-state index contributed by atoms with van der Waals surface area (Å²) < 4.78 is 10.4. The van der Waals surface area contributed by atoms with Gasteiger partial charge in [-0.3, -0.25) is 0 Å². The fourth-order valence-corrected chi connectivity index (χ4v) is 1.82. The number of hydrogen-bond acceptors (Lipinski definition) is 4. The van der Waals surface area contributed by atoms with E-state index in [1.807, 2.05) is 18.2 Å². The molecule has 0 amide bonds. The number of methoxy groups -OCH3 is 2. The first-order valence-electron chi connectivity index (χ1n) is 5.64. The highest BCUT2D eigenvalue weighted by Gasteiger charge is 2.07. The van der Waals surface area contributed by atoms with Crippen molar-refractivity contribution in [2.75, 3.05) is 14.2 Å². The van der Waals surface area contributed by atoms with Crippen LogP contribution in [0, 0.1) is 11.3 Å². The number of nitriles is 1. The highest BCUT2D eigenvalue weighted by atomic mass is 16.5. The molecule has 0 radical (unpaired) electrons. The molecule has 4 heteroatoms. The Labute approximate surface area is 111 Å². The van der Waals surface area contributed by atoms with Gasteiger partial charge < -0.3 is 14.6 Å². The van der Waals surface area contributed by atoms with Gasteiger partial charge in [0.05, 0.1) is 25.9 Å². The number of phenolic OH excluding ortho intramolecular Hbond substituents is 1. The molecule has 0 bridgehead atoms. The Bertz CT molecular complexity index is 622. The lowest BCUT2D eigenvalue weighted by Crippen LogP contribution is -1.89. The zero-order valence-electron chi connectivity index (χ0n) is 10.7. The van der Waals surface area contributed by atoms with Gasteiger partial charge in [-0.25, -0.2) is 0 Å². The van der Waals surface area contributed by atoms with Crippen molar-refractivity contribution >= 4 is 0 Å². The van der Waals surface area contributed by atoms with Gasteiger partial charge in [-0.15, -0.1) is 0 Å². The van der Waals surface area contributed by atoms with Gasteiger partial charge in [-0.2, -0.15) is 5.26 Å². The largest absolute Gasteiger partial charge is 0.508 e. The molecule has 2 aromatic carbocycles. The van der Waals surface area contributed by atoms with E-state index >= 15 is 0 Å². The maximum Gasteiger partial charge on any atom is 0.123 e. The molecule has 2 aromatic rings. The summed E-state index contributed by atoms with van der Waals surface area (Å²) in [6.07, 6.45) is 0. The Morgan fingerprint density at radius 3 is 2.00 bits per heavy atom. The average Bonchev–Trinajstić information content (AvgIpc) is 2.45. The Balaban J connectivity index is 2.58. The standard InChI is InChI=1S/C15H13NO3/c1-18-14-6-12(7-15(8-14)19-2)11-3-10(9-16)4-13(17)5-11/h3-8,17H,1-2H3. The van der Waals surface area contributed by atoms with Crippen LogP contribution in [0.3, 0.4) is 0 Å². The lowest BCUT2D eigenvalue weighted by atomic mass is 10.0. The molecule has 0 aromatic heterocycles. The minimum Gasteiger partial charge on any atom is -0.508 e. The van der Waals surface area contributed by atoms with E-state index in [9.17, 15) is 5.11 Å². The molecule has 0 unspecified atom stereocenters. The predicted octanol–water partition coefficient (Wildman–Crippen LogP) is 2.95. The topological polar surface area (TPSA) is 62.5 Å². The number of nitrogens with zero attached hydrogens (tertiary/aromatic N) is 1. The van der Waals surface area contributed by atoms with Gasteiger partial charge in [-0.05, 0) is 41.5 Å². The zero-order valence-corrected chi connectivity index (χ0v) is 10.7. The van der Waals surface area contributed by atoms with Crippen molar-refractivity contribution in [3.63, 3.8) is 0 Å². The van der Waals surface area contributed by atoms with Crippen molar-refractivity contribution in [1.82, 2.24) is 0 Å². The highest BCUT2D eigenvalue weighted by molar-refractivity contribution is 5.70. The Morgan fingerprint density at radius 2 is 1.47 bits per heavy atom. The van der Waals surface area contributed by atoms with Gasteiger partial charge >= 0.3 is 0 Å². The first kappa shape index (κ1) is 12.8. The number of ether oxygens (including phenoxy) is 2. The number of aromatic hydroxyl groups is 1. The van der Waals surface area contributed by atoms with Crippen LogP contribution in [0.5, 0.6) is 17.2 Å². The van der Waals surface area contributed by atoms with Crippen LogP contribution in [0.25, 0.3) is 11.1 Å².